The Kier molecular flexibility index (Phi) is 2.07. The zero-order valence-corrected chi connectivity index (χ0v) is 12.7. The van der Waals surface area contributed by atoms with Crippen molar-refractivity contribution in [3.8, 4) is 0 Å². The van der Waals surface area contributed by atoms with Gasteiger partial charge in [-0.15, -0.1) is 0 Å². The smallest absolute Gasteiger partial charge is 0.0973 e. The van der Waals surface area contributed by atoms with E-state index in [1.54, 1.807) is 0 Å². The van der Waals surface area contributed by atoms with Gasteiger partial charge in [-0.05, 0) is 12.1 Å². The lowest BCUT2D eigenvalue weighted by atomic mass is 10.1. The first-order chi connectivity index (χ1) is 11.9. The average molecular weight is 308 g/mol. The molecule has 0 amide bonds. The van der Waals surface area contributed by atoms with Gasteiger partial charge in [0.15, 0.2) is 0 Å². The van der Waals surface area contributed by atoms with Crippen LogP contribution in [-0.2, 0) is 0 Å². The molecule has 0 aliphatic rings. The third-order valence-electron chi connectivity index (χ3n) is 4.82. The molecule has 112 valence electrons. The van der Waals surface area contributed by atoms with E-state index in [0.29, 0.717) is 0 Å². The molecule has 0 radical (unpaired) electrons. The quantitative estimate of drug-likeness (QED) is 0.419. The molecule has 2 aromatic carbocycles. The maximum absolute atomic E-state index is 4.75. The van der Waals surface area contributed by atoms with Gasteiger partial charge in [-0.2, -0.15) is 0 Å². The van der Waals surface area contributed by atoms with E-state index in [2.05, 4.69) is 39.2 Å². The summed E-state index contributed by atoms with van der Waals surface area (Å²) in [5.74, 6) is 0. The monoisotopic (exact) mass is 308 g/mol. The van der Waals surface area contributed by atoms with Gasteiger partial charge in [0.2, 0.25) is 0 Å². The van der Waals surface area contributed by atoms with Crippen molar-refractivity contribution in [1.29, 1.82) is 0 Å². The van der Waals surface area contributed by atoms with Gasteiger partial charge in [0, 0.05) is 27.1 Å². The number of para-hydroxylation sites is 2. The molecule has 6 rings (SSSR count). The number of aromatic nitrogens is 4. The zero-order valence-electron chi connectivity index (χ0n) is 12.7. The molecule has 0 aliphatic carbocycles. The number of hydrogen-bond donors (Lipinski definition) is 2. The van der Waals surface area contributed by atoms with Crippen molar-refractivity contribution >= 4 is 54.6 Å². The van der Waals surface area contributed by atoms with Gasteiger partial charge in [-0.25, -0.2) is 0 Å². The van der Waals surface area contributed by atoms with E-state index in [1.807, 2.05) is 36.7 Å². The number of pyridine rings is 2. The maximum atomic E-state index is 4.75. The van der Waals surface area contributed by atoms with Gasteiger partial charge in [0.25, 0.3) is 0 Å². The second-order valence-corrected chi connectivity index (χ2v) is 6.13. The number of fused-ring (bicyclic) bond motifs is 9. The van der Waals surface area contributed by atoms with Crippen molar-refractivity contribution in [2.45, 2.75) is 0 Å². The number of nitrogens with one attached hydrogen (secondary N) is 2. The van der Waals surface area contributed by atoms with E-state index in [9.17, 15) is 0 Å². The molecule has 0 bridgehead atoms. The van der Waals surface area contributed by atoms with Crippen LogP contribution in [-0.4, -0.2) is 19.9 Å². The van der Waals surface area contributed by atoms with Gasteiger partial charge >= 0.3 is 0 Å². The van der Waals surface area contributed by atoms with Crippen LogP contribution in [0.3, 0.4) is 0 Å². The Labute approximate surface area is 136 Å². The van der Waals surface area contributed by atoms with E-state index in [0.717, 1.165) is 43.9 Å². The van der Waals surface area contributed by atoms with Crippen LogP contribution in [0.25, 0.3) is 54.6 Å². The number of aromatic amines is 2. The Balaban J connectivity index is 1.94. The highest BCUT2D eigenvalue weighted by atomic mass is 14.8. The predicted molar refractivity (Wildman–Crippen MR) is 98.3 cm³/mol. The van der Waals surface area contributed by atoms with Gasteiger partial charge in [-0.3, -0.25) is 9.97 Å². The van der Waals surface area contributed by atoms with Crippen LogP contribution in [0.4, 0.5) is 0 Å². The summed E-state index contributed by atoms with van der Waals surface area (Å²) in [6.07, 6.45) is 3.83. The Bertz CT molecular complexity index is 1400. The number of rotatable bonds is 0. The average Bonchev–Trinajstić information content (AvgIpc) is 3.19. The molecule has 24 heavy (non-hydrogen) atoms. The van der Waals surface area contributed by atoms with Crippen LogP contribution < -0.4 is 0 Å². The van der Waals surface area contributed by atoms with E-state index < -0.39 is 0 Å². The predicted octanol–water partition coefficient (Wildman–Crippen LogP) is 4.90. The van der Waals surface area contributed by atoms with Crippen molar-refractivity contribution in [2.75, 3.05) is 0 Å². The summed E-state index contributed by atoms with van der Waals surface area (Å²) < 4.78 is 0. The number of H-pyrrole nitrogens is 2. The molecular weight excluding hydrogens is 296 g/mol. The summed E-state index contributed by atoms with van der Waals surface area (Å²) in [4.78, 5) is 16.3. The fraction of sp³-hybridized carbons (Fsp3) is 0. The molecule has 0 fully saturated rings. The number of nitrogens with zero attached hydrogens (tertiary/aromatic N) is 2. The topological polar surface area (TPSA) is 57.4 Å². The molecule has 0 aliphatic heterocycles. The number of benzene rings is 2. The van der Waals surface area contributed by atoms with Crippen LogP contribution in [0.15, 0.2) is 60.9 Å². The molecule has 0 unspecified atom stereocenters. The molecule has 0 saturated heterocycles. The van der Waals surface area contributed by atoms with E-state index in [1.165, 1.54) is 10.8 Å². The van der Waals surface area contributed by atoms with Gasteiger partial charge in [0.05, 0.1) is 40.0 Å². The maximum Gasteiger partial charge on any atom is 0.0973 e. The minimum absolute atomic E-state index is 0.992. The van der Waals surface area contributed by atoms with Crippen molar-refractivity contribution < 1.29 is 0 Å². The Morgan fingerprint density at radius 2 is 1.38 bits per heavy atom. The van der Waals surface area contributed by atoms with E-state index in [-0.39, 0.29) is 0 Å². The lowest BCUT2D eigenvalue weighted by Crippen LogP contribution is -1.80. The summed E-state index contributed by atoms with van der Waals surface area (Å²) >= 11 is 0. The highest BCUT2D eigenvalue weighted by Gasteiger charge is 2.15. The minimum atomic E-state index is 0.992. The highest BCUT2D eigenvalue weighted by Crippen LogP contribution is 2.36. The summed E-state index contributed by atoms with van der Waals surface area (Å²) in [5, 5.41) is 4.68. The normalized spacial score (nSPS) is 12.2. The van der Waals surface area contributed by atoms with Crippen LogP contribution in [0.2, 0.25) is 0 Å². The largest absolute Gasteiger partial charge is 0.353 e. The second kappa shape index (κ2) is 4.11. The van der Waals surface area contributed by atoms with E-state index >= 15 is 0 Å². The first kappa shape index (κ1) is 12.1. The van der Waals surface area contributed by atoms with Crippen LogP contribution in [0, 0.1) is 0 Å². The first-order valence-corrected chi connectivity index (χ1v) is 7.95. The molecule has 4 heterocycles. The molecule has 2 N–H and O–H groups in total. The Morgan fingerprint density at radius 3 is 2.33 bits per heavy atom. The fourth-order valence-electron chi connectivity index (χ4n) is 3.78. The summed E-state index contributed by atoms with van der Waals surface area (Å²) in [6.45, 7) is 0. The second-order valence-electron chi connectivity index (χ2n) is 6.13. The number of hydrogen-bond acceptors (Lipinski definition) is 2. The van der Waals surface area contributed by atoms with Crippen molar-refractivity contribution in [3.63, 3.8) is 0 Å². The van der Waals surface area contributed by atoms with Crippen LogP contribution in [0.5, 0.6) is 0 Å². The SMILES string of the molecule is c1ccc2c(c1)ncc1[nH]c3c(ncc4[nH]c5ccccc5c43)c12. The van der Waals surface area contributed by atoms with E-state index in [4.69, 9.17) is 4.98 Å². The molecule has 4 heteroatoms. The lowest BCUT2D eigenvalue weighted by Gasteiger charge is -1.98. The molecule has 4 aromatic heterocycles. The third-order valence-corrected chi connectivity index (χ3v) is 4.82. The standard InChI is InChI=1S/C20H12N4/c1-3-7-13-11(5-1)17-16(9-21-13)24-20-18-12-6-2-4-8-14(12)23-15(18)10-22-19(17)20/h1-10,23-24H. The molecular formula is C20H12N4. The van der Waals surface area contributed by atoms with Crippen molar-refractivity contribution in [3.05, 3.63) is 60.9 Å². The summed E-state index contributed by atoms with van der Waals surface area (Å²) in [5.41, 5.74) is 6.26. The zero-order chi connectivity index (χ0) is 15.7. The summed E-state index contributed by atoms with van der Waals surface area (Å²) in [7, 11) is 0. The van der Waals surface area contributed by atoms with Crippen molar-refractivity contribution in [1.82, 2.24) is 19.9 Å². The molecule has 0 spiro atoms. The van der Waals surface area contributed by atoms with Gasteiger partial charge in [0.1, 0.15) is 0 Å². The first-order valence-electron chi connectivity index (χ1n) is 7.95. The third kappa shape index (κ3) is 1.38. The Hall–Kier alpha value is -3.40. The minimum Gasteiger partial charge on any atom is -0.353 e. The van der Waals surface area contributed by atoms with Gasteiger partial charge < -0.3 is 9.97 Å². The van der Waals surface area contributed by atoms with Gasteiger partial charge in [-0.1, -0.05) is 36.4 Å². The molecule has 0 atom stereocenters. The van der Waals surface area contributed by atoms with Crippen LogP contribution >= 0.6 is 0 Å². The molecule has 0 saturated carbocycles. The fourth-order valence-corrected chi connectivity index (χ4v) is 3.78. The van der Waals surface area contributed by atoms with Crippen molar-refractivity contribution in [2.24, 2.45) is 0 Å². The molecule has 6 aromatic rings. The highest BCUT2D eigenvalue weighted by molar-refractivity contribution is 6.26. The molecule has 4 nitrogen and oxygen atoms in total. The van der Waals surface area contributed by atoms with Crippen LogP contribution in [0.1, 0.15) is 0 Å². The Morgan fingerprint density at radius 1 is 0.625 bits per heavy atom. The summed E-state index contributed by atoms with van der Waals surface area (Å²) in [6, 6.07) is 16.6. The lowest BCUT2D eigenvalue weighted by molar-refractivity contribution is 1.41.